The Hall–Kier alpha value is -0.930. The Morgan fingerprint density at radius 2 is 2.17 bits per heavy atom. The molecule has 62 valence electrons. The lowest BCUT2D eigenvalue weighted by atomic mass is 10.1. The first-order valence-electron chi connectivity index (χ1n) is 3.58. The lowest BCUT2D eigenvalue weighted by molar-refractivity contribution is 0.283. The van der Waals surface area contributed by atoms with Gasteiger partial charge in [0.2, 0.25) is 0 Å². The third kappa shape index (κ3) is 1.02. The molecule has 1 aromatic carbocycles. The molecule has 1 N–H and O–H groups in total. The summed E-state index contributed by atoms with van der Waals surface area (Å²) in [6.45, 7) is -0.0342. The molecular formula is C9H7FOS. The van der Waals surface area contributed by atoms with Gasteiger partial charge in [-0.3, -0.25) is 0 Å². The molecule has 0 saturated heterocycles. The van der Waals surface area contributed by atoms with Crippen LogP contribution in [0.25, 0.3) is 10.1 Å². The van der Waals surface area contributed by atoms with E-state index in [0.29, 0.717) is 4.70 Å². The van der Waals surface area contributed by atoms with Crippen molar-refractivity contribution in [2.24, 2.45) is 0 Å². The van der Waals surface area contributed by atoms with Gasteiger partial charge in [-0.1, -0.05) is 6.07 Å². The van der Waals surface area contributed by atoms with E-state index in [1.165, 1.54) is 17.4 Å². The quantitative estimate of drug-likeness (QED) is 0.718. The van der Waals surface area contributed by atoms with Crippen molar-refractivity contribution in [2.75, 3.05) is 0 Å². The predicted molar refractivity (Wildman–Crippen MR) is 47.7 cm³/mol. The van der Waals surface area contributed by atoms with Crippen LogP contribution in [0, 0.1) is 5.82 Å². The van der Waals surface area contributed by atoms with Crippen LogP contribution < -0.4 is 0 Å². The molecule has 0 bridgehead atoms. The Balaban J connectivity index is 2.82. The number of aliphatic hydroxyl groups excluding tert-OH is 1. The maximum atomic E-state index is 13.1. The number of fused-ring (bicyclic) bond motifs is 1. The molecule has 0 spiro atoms. The Morgan fingerprint density at radius 3 is 2.92 bits per heavy atom. The highest BCUT2D eigenvalue weighted by Crippen LogP contribution is 2.26. The normalized spacial score (nSPS) is 10.8. The first-order valence-corrected chi connectivity index (χ1v) is 4.46. The highest BCUT2D eigenvalue weighted by Gasteiger charge is 2.05. The zero-order chi connectivity index (χ0) is 8.55. The molecule has 0 amide bonds. The molecule has 0 radical (unpaired) electrons. The summed E-state index contributed by atoms with van der Waals surface area (Å²) in [5.41, 5.74) is 0.785. The molecule has 0 aliphatic rings. The SMILES string of the molecule is OCc1ccc(F)c2sccc12. The lowest BCUT2D eigenvalue weighted by Crippen LogP contribution is -1.84. The standard InChI is InChI=1S/C9H7FOS/c10-8-2-1-6(5-11)7-3-4-12-9(7)8/h1-4,11H,5H2. The van der Waals surface area contributed by atoms with Crippen molar-refractivity contribution in [3.8, 4) is 0 Å². The molecule has 1 nitrogen and oxygen atoms in total. The molecule has 0 saturated carbocycles. The lowest BCUT2D eigenvalue weighted by Gasteiger charge is -1.98. The minimum atomic E-state index is -0.211. The minimum absolute atomic E-state index is 0.0342. The van der Waals surface area contributed by atoms with Gasteiger partial charge >= 0.3 is 0 Å². The minimum Gasteiger partial charge on any atom is -0.392 e. The van der Waals surface area contributed by atoms with Gasteiger partial charge in [0, 0.05) is 5.39 Å². The van der Waals surface area contributed by atoms with E-state index in [1.807, 2.05) is 11.4 Å². The van der Waals surface area contributed by atoms with E-state index in [4.69, 9.17) is 5.11 Å². The van der Waals surface area contributed by atoms with Crippen LogP contribution in [0.2, 0.25) is 0 Å². The van der Waals surface area contributed by atoms with Crippen molar-refractivity contribution < 1.29 is 9.50 Å². The van der Waals surface area contributed by atoms with Crippen LogP contribution in [0.5, 0.6) is 0 Å². The maximum absolute atomic E-state index is 13.1. The molecule has 0 aliphatic carbocycles. The zero-order valence-corrected chi connectivity index (χ0v) is 7.07. The fraction of sp³-hybridized carbons (Fsp3) is 0.111. The second-order valence-corrected chi connectivity index (χ2v) is 3.44. The molecule has 12 heavy (non-hydrogen) atoms. The van der Waals surface area contributed by atoms with E-state index < -0.39 is 0 Å². The first kappa shape index (κ1) is 7.71. The van der Waals surface area contributed by atoms with Crippen molar-refractivity contribution in [3.63, 3.8) is 0 Å². The number of halogens is 1. The second-order valence-electron chi connectivity index (χ2n) is 2.53. The van der Waals surface area contributed by atoms with E-state index in [-0.39, 0.29) is 12.4 Å². The van der Waals surface area contributed by atoms with Gasteiger partial charge in [-0.05, 0) is 23.1 Å². The number of aliphatic hydroxyl groups is 1. The summed E-state index contributed by atoms with van der Waals surface area (Å²) in [6, 6.07) is 4.84. The Bertz CT molecular complexity index is 408. The molecule has 1 aromatic heterocycles. The molecule has 0 fully saturated rings. The topological polar surface area (TPSA) is 20.2 Å². The first-order chi connectivity index (χ1) is 5.83. The fourth-order valence-electron chi connectivity index (χ4n) is 1.22. The monoisotopic (exact) mass is 182 g/mol. The molecule has 1 heterocycles. The second kappa shape index (κ2) is 2.84. The Morgan fingerprint density at radius 1 is 1.33 bits per heavy atom. The molecule has 0 atom stereocenters. The number of thiophene rings is 1. The highest BCUT2D eigenvalue weighted by atomic mass is 32.1. The predicted octanol–water partition coefficient (Wildman–Crippen LogP) is 2.53. The third-order valence-corrected chi connectivity index (χ3v) is 2.75. The van der Waals surface area contributed by atoms with Crippen LogP contribution in [0.3, 0.4) is 0 Å². The summed E-state index contributed by atoms with van der Waals surface area (Å²) >= 11 is 1.36. The number of rotatable bonds is 1. The average molecular weight is 182 g/mol. The molecule has 2 aromatic rings. The maximum Gasteiger partial charge on any atom is 0.141 e. The Labute approximate surface area is 73.1 Å². The summed E-state index contributed by atoms with van der Waals surface area (Å²) in [6.07, 6.45) is 0. The fourth-order valence-corrected chi connectivity index (χ4v) is 2.07. The third-order valence-electron chi connectivity index (χ3n) is 1.83. The van der Waals surface area contributed by atoms with E-state index in [2.05, 4.69) is 0 Å². The average Bonchev–Trinajstić information content (AvgIpc) is 2.54. The van der Waals surface area contributed by atoms with Gasteiger partial charge in [0.05, 0.1) is 11.3 Å². The Kier molecular flexibility index (Phi) is 1.83. The summed E-state index contributed by atoms with van der Waals surface area (Å²) in [5.74, 6) is -0.211. The van der Waals surface area contributed by atoms with Crippen LogP contribution in [0.15, 0.2) is 23.6 Å². The van der Waals surface area contributed by atoms with Crippen molar-refractivity contribution in [2.45, 2.75) is 6.61 Å². The van der Waals surface area contributed by atoms with Gasteiger partial charge in [-0.2, -0.15) is 0 Å². The summed E-state index contributed by atoms with van der Waals surface area (Å²) in [4.78, 5) is 0. The van der Waals surface area contributed by atoms with Crippen molar-refractivity contribution in [1.29, 1.82) is 0 Å². The molecule has 0 aliphatic heterocycles. The van der Waals surface area contributed by atoms with Crippen LogP contribution in [-0.2, 0) is 6.61 Å². The summed E-state index contributed by atoms with van der Waals surface area (Å²) in [7, 11) is 0. The number of hydrogen-bond acceptors (Lipinski definition) is 2. The van der Waals surface area contributed by atoms with Gasteiger partial charge in [-0.15, -0.1) is 11.3 Å². The van der Waals surface area contributed by atoms with E-state index in [1.54, 1.807) is 6.07 Å². The number of benzene rings is 1. The van der Waals surface area contributed by atoms with Gasteiger partial charge < -0.3 is 5.11 Å². The van der Waals surface area contributed by atoms with Crippen molar-refractivity contribution in [1.82, 2.24) is 0 Å². The summed E-state index contributed by atoms with van der Waals surface area (Å²) < 4.78 is 13.7. The molecule has 2 rings (SSSR count). The van der Waals surface area contributed by atoms with Gasteiger partial charge in [0.15, 0.2) is 0 Å². The van der Waals surface area contributed by atoms with Crippen molar-refractivity contribution >= 4 is 21.4 Å². The van der Waals surface area contributed by atoms with Crippen LogP contribution >= 0.6 is 11.3 Å². The van der Waals surface area contributed by atoms with Crippen LogP contribution in [0.4, 0.5) is 4.39 Å². The van der Waals surface area contributed by atoms with E-state index >= 15 is 0 Å². The van der Waals surface area contributed by atoms with Crippen LogP contribution in [-0.4, -0.2) is 5.11 Å². The van der Waals surface area contributed by atoms with Crippen molar-refractivity contribution in [3.05, 3.63) is 35.0 Å². The van der Waals surface area contributed by atoms with Gasteiger partial charge in [0.1, 0.15) is 5.82 Å². The smallest absolute Gasteiger partial charge is 0.141 e. The van der Waals surface area contributed by atoms with E-state index in [0.717, 1.165) is 10.9 Å². The highest BCUT2D eigenvalue weighted by molar-refractivity contribution is 7.17. The molecular weight excluding hydrogens is 175 g/mol. The summed E-state index contributed by atoms with van der Waals surface area (Å²) in [5, 5.41) is 11.6. The molecule has 0 unspecified atom stereocenters. The van der Waals surface area contributed by atoms with Crippen LogP contribution in [0.1, 0.15) is 5.56 Å². The number of hydrogen-bond donors (Lipinski definition) is 1. The largest absolute Gasteiger partial charge is 0.392 e. The zero-order valence-electron chi connectivity index (χ0n) is 6.25. The van der Waals surface area contributed by atoms with Gasteiger partial charge in [-0.25, -0.2) is 4.39 Å². The van der Waals surface area contributed by atoms with Gasteiger partial charge in [0.25, 0.3) is 0 Å². The molecule has 3 heteroatoms. The van der Waals surface area contributed by atoms with E-state index in [9.17, 15) is 4.39 Å².